The highest BCUT2D eigenvalue weighted by Gasteiger charge is 2.37. The van der Waals surface area contributed by atoms with E-state index >= 15 is 0 Å². The lowest BCUT2D eigenvalue weighted by Gasteiger charge is -2.48. The average molecular weight is 984 g/mol. The van der Waals surface area contributed by atoms with Gasteiger partial charge in [-0.2, -0.15) is 0 Å². The zero-order chi connectivity index (χ0) is 37.3. The Bertz CT molecular complexity index is 1600. The molecule has 0 spiro atoms. The van der Waals surface area contributed by atoms with Gasteiger partial charge in [-0.3, -0.25) is 9.80 Å². The number of pyridine rings is 3. The Labute approximate surface area is 350 Å². The largest absolute Gasteiger partial charge is 0.378 e. The summed E-state index contributed by atoms with van der Waals surface area (Å²) in [5.74, 6) is 5.78. The second-order valence-electron chi connectivity index (χ2n) is 14.1. The molecule has 0 saturated carbocycles. The van der Waals surface area contributed by atoms with E-state index in [-0.39, 0.29) is 0 Å². The molecule has 6 aliphatic rings. The van der Waals surface area contributed by atoms with Crippen molar-refractivity contribution in [2.24, 2.45) is 0 Å². The van der Waals surface area contributed by atoms with Crippen LogP contribution in [0, 0.1) is 19.5 Å². The van der Waals surface area contributed by atoms with Crippen LogP contribution in [-0.2, 0) is 36.6 Å². The van der Waals surface area contributed by atoms with Crippen molar-refractivity contribution in [3.05, 3.63) is 67.7 Å². The molecule has 9 heterocycles. The Kier molecular flexibility index (Phi) is 15.2. The number of aromatic nitrogens is 3. The van der Waals surface area contributed by atoms with Crippen LogP contribution >= 0.6 is 45.2 Å². The van der Waals surface area contributed by atoms with Gasteiger partial charge in [-0.25, -0.2) is 15.0 Å². The van der Waals surface area contributed by atoms with Gasteiger partial charge in [0.05, 0.1) is 63.8 Å². The van der Waals surface area contributed by atoms with E-state index in [1.54, 1.807) is 6.20 Å². The molecule has 6 unspecified atom stereocenters. The quantitative estimate of drug-likeness (QED) is 0.308. The minimum atomic E-state index is 0.452. The summed E-state index contributed by atoms with van der Waals surface area (Å²) in [6.07, 6.45) is 11.0. The van der Waals surface area contributed by atoms with Crippen LogP contribution in [0.25, 0.3) is 0 Å². The molecule has 9 rings (SSSR count). The van der Waals surface area contributed by atoms with Gasteiger partial charge in [0.25, 0.3) is 0 Å². The maximum Gasteiger partial charge on any atom is 0.128 e. The SMILES string of the molecule is C#Cc1ccc(N2CC3COCC(C2)N3C)nc1.CN1C2COCC1CN(c1ccc(I)cn1)C2.Ic1ccc(N2CC3COCC(C2)N3)nc1.S=S. The lowest BCUT2D eigenvalue weighted by Crippen LogP contribution is -2.63. The third-order valence-electron chi connectivity index (χ3n) is 10.6. The zero-order valence-corrected chi connectivity index (χ0v) is 36.0. The second-order valence-corrected chi connectivity index (χ2v) is 16.5. The molecule has 284 valence electrons. The van der Waals surface area contributed by atoms with Gasteiger partial charge in [-0.05, 0) is 95.7 Å². The molecule has 12 nitrogen and oxygen atoms in total. The normalized spacial score (nSPS) is 27.8. The number of rotatable bonds is 3. The number of anilines is 3. The van der Waals surface area contributed by atoms with Crippen molar-refractivity contribution in [3.63, 3.8) is 0 Å². The minimum absolute atomic E-state index is 0.452. The number of halogens is 2. The van der Waals surface area contributed by atoms with Gasteiger partial charge in [0.2, 0.25) is 0 Å². The Morgan fingerprint density at radius 2 is 0.981 bits per heavy atom. The van der Waals surface area contributed by atoms with Gasteiger partial charge >= 0.3 is 0 Å². The lowest BCUT2D eigenvalue weighted by atomic mass is 10.1. The molecule has 6 fully saturated rings. The number of ether oxygens (including phenoxy) is 3. The van der Waals surface area contributed by atoms with Crippen LogP contribution in [0.4, 0.5) is 17.5 Å². The number of hydrogen-bond donors (Lipinski definition) is 1. The van der Waals surface area contributed by atoms with Crippen molar-refractivity contribution in [3.8, 4) is 12.3 Å². The molecule has 6 saturated heterocycles. The molecule has 0 aliphatic carbocycles. The van der Waals surface area contributed by atoms with Crippen molar-refractivity contribution in [2.45, 2.75) is 36.3 Å². The van der Waals surface area contributed by atoms with E-state index in [1.165, 1.54) is 7.14 Å². The standard InChI is InChI=1S/C14H17N3O.C12H16IN3O.C11H14IN3O.S2/c1-3-11-4-5-14(15-6-11)17-7-12-9-18-10-13(8-17)16(12)2;1-15-10-5-16(6-11(15)8-17-7-10)12-3-2-9(13)4-14-12;12-8-1-2-11(13-3-8)15-4-9-6-16-7-10(5-15)14-9;1-2/h1,4-6,12-13H,7-10H2,2H3;2-4,10-11H,5-8H2,1H3;1-3,9-10,14H,4-7H2;. The highest BCUT2D eigenvalue weighted by molar-refractivity contribution is 14.1. The second kappa shape index (κ2) is 19.8. The smallest absolute Gasteiger partial charge is 0.128 e. The van der Waals surface area contributed by atoms with Crippen LogP contribution < -0.4 is 20.0 Å². The van der Waals surface area contributed by atoms with Crippen molar-refractivity contribution in [1.29, 1.82) is 0 Å². The van der Waals surface area contributed by atoms with Gasteiger partial charge in [0.1, 0.15) is 17.5 Å². The summed E-state index contributed by atoms with van der Waals surface area (Å²) in [4.78, 5) is 25.4. The Balaban J connectivity index is 0.000000133. The van der Waals surface area contributed by atoms with Crippen LogP contribution in [0.5, 0.6) is 0 Å². The Morgan fingerprint density at radius 1 is 0.604 bits per heavy atom. The number of likely N-dealkylation sites (N-methyl/N-ethyl adjacent to an activating group) is 2. The third kappa shape index (κ3) is 10.7. The first-order chi connectivity index (χ1) is 25.8. The first-order valence-electron chi connectivity index (χ1n) is 17.8. The molecule has 0 aromatic carbocycles. The van der Waals surface area contributed by atoms with Crippen molar-refractivity contribution >= 4 is 85.0 Å². The zero-order valence-electron chi connectivity index (χ0n) is 30.1. The Morgan fingerprint density at radius 3 is 1.34 bits per heavy atom. The molecule has 53 heavy (non-hydrogen) atoms. The molecule has 1 N–H and O–H groups in total. The van der Waals surface area contributed by atoms with Gasteiger partial charge < -0.3 is 34.2 Å². The summed E-state index contributed by atoms with van der Waals surface area (Å²) in [5, 5.41) is 3.57. The van der Waals surface area contributed by atoms with Crippen LogP contribution in [0.1, 0.15) is 5.56 Å². The van der Waals surface area contributed by atoms with Gasteiger partial charge in [-0.15, -0.1) is 6.42 Å². The summed E-state index contributed by atoms with van der Waals surface area (Å²) in [6, 6.07) is 15.2. The van der Waals surface area contributed by atoms with Crippen LogP contribution in [0.3, 0.4) is 0 Å². The van der Waals surface area contributed by atoms with Crippen LogP contribution in [0.15, 0.2) is 55.0 Å². The average Bonchev–Trinajstić information content (AvgIpc) is 3.17. The van der Waals surface area contributed by atoms with Gasteiger partial charge in [-0.1, -0.05) is 5.92 Å². The molecule has 16 heteroatoms. The van der Waals surface area contributed by atoms with Gasteiger partial charge in [0, 0.05) is 105 Å². The van der Waals surface area contributed by atoms with Gasteiger partial charge in [0.15, 0.2) is 0 Å². The molecular weight excluding hydrogens is 936 g/mol. The number of terminal acetylenes is 1. The van der Waals surface area contributed by atoms with E-state index in [0.29, 0.717) is 36.3 Å². The van der Waals surface area contributed by atoms with E-state index in [4.69, 9.17) is 20.6 Å². The van der Waals surface area contributed by atoms with Crippen LogP contribution in [0.2, 0.25) is 0 Å². The third-order valence-corrected chi connectivity index (χ3v) is 11.8. The van der Waals surface area contributed by atoms with Crippen molar-refractivity contribution in [2.75, 3.05) is 108 Å². The first-order valence-corrected chi connectivity index (χ1v) is 21.3. The number of morpholine rings is 3. The lowest BCUT2D eigenvalue weighted by molar-refractivity contribution is -0.0441. The highest BCUT2D eigenvalue weighted by Crippen LogP contribution is 2.25. The Hall–Kier alpha value is -1.93. The van der Waals surface area contributed by atoms with Crippen LogP contribution in [-0.4, -0.2) is 154 Å². The van der Waals surface area contributed by atoms with E-state index in [2.05, 4.69) is 157 Å². The number of hydrogen-bond acceptors (Lipinski definition) is 14. The minimum Gasteiger partial charge on any atom is -0.378 e. The summed E-state index contributed by atoms with van der Waals surface area (Å²) < 4.78 is 19.1. The first kappa shape index (κ1) is 40.7. The molecule has 0 amide bonds. The van der Waals surface area contributed by atoms with E-state index < -0.39 is 0 Å². The highest BCUT2D eigenvalue weighted by atomic mass is 127. The molecule has 6 atom stereocenters. The molecule has 6 bridgehead atoms. The number of nitrogens with zero attached hydrogens (tertiary/aromatic N) is 8. The molecule has 3 aromatic rings. The van der Waals surface area contributed by atoms with Crippen molar-refractivity contribution in [1.82, 2.24) is 30.1 Å². The molecule has 0 radical (unpaired) electrons. The summed E-state index contributed by atoms with van der Waals surface area (Å²) in [5.41, 5.74) is 0.830. The maximum absolute atomic E-state index is 5.62. The number of nitrogens with one attached hydrogen (secondary N) is 1. The monoisotopic (exact) mass is 983 g/mol. The molecule has 3 aromatic heterocycles. The fraction of sp³-hybridized carbons (Fsp3) is 0.541. The van der Waals surface area contributed by atoms with E-state index in [9.17, 15) is 0 Å². The topological polar surface area (TPSA) is 94.6 Å². The van der Waals surface area contributed by atoms with E-state index in [1.807, 2.05) is 24.5 Å². The van der Waals surface area contributed by atoms with Crippen molar-refractivity contribution < 1.29 is 14.2 Å². The number of piperazine rings is 3. The predicted octanol–water partition coefficient (Wildman–Crippen LogP) is 2.65. The maximum atomic E-state index is 5.62. The fourth-order valence-corrected chi connectivity index (χ4v) is 8.21. The molecule has 6 aliphatic heterocycles. The summed E-state index contributed by atoms with van der Waals surface area (Å²) >= 11 is 11.9. The molecular formula is C37H47I2N9O3S2. The summed E-state index contributed by atoms with van der Waals surface area (Å²) in [7, 11) is 4.39. The summed E-state index contributed by atoms with van der Waals surface area (Å²) in [6.45, 7) is 10.9. The fourth-order valence-electron chi connectivity index (χ4n) is 7.57. The van der Waals surface area contributed by atoms with E-state index in [0.717, 1.165) is 102 Å². The number of fused-ring (bicyclic) bond motifs is 6. The predicted molar refractivity (Wildman–Crippen MR) is 231 cm³/mol.